The van der Waals surface area contributed by atoms with Crippen LogP contribution in [-0.4, -0.2) is 27.3 Å². The van der Waals surface area contributed by atoms with E-state index in [0.717, 1.165) is 0 Å². The quantitative estimate of drug-likeness (QED) is 0.491. The van der Waals surface area contributed by atoms with Gasteiger partial charge in [0.25, 0.3) is 0 Å². The lowest BCUT2D eigenvalue weighted by Gasteiger charge is -2.12. The fourth-order valence-electron chi connectivity index (χ4n) is 0.589. The normalized spacial score (nSPS) is 10.3. The summed E-state index contributed by atoms with van der Waals surface area (Å²) in [6.07, 6.45) is 0. The zero-order valence-corrected chi connectivity index (χ0v) is 6.59. The Morgan fingerprint density at radius 3 is 1.71 bits per heavy atom. The maximum atomic E-state index is 2.46. The van der Waals surface area contributed by atoms with Gasteiger partial charge in [0.2, 0.25) is 0 Å². The molecule has 0 bridgehead atoms. The second-order valence-corrected chi connectivity index (χ2v) is 2.73. The van der Waals surface area contributed by atoms with Crippen LogP contribution in [-0.2, 0) is 0 Å². The summed E-state index contributed by atoms with van der Waals surface area (Å²) in [7, 11) is 0.572. The molecule has 0 aliphatic rings. The Kier molecular flexibility index (Phi) is 4.45. The predicted molar refractivity (Wildman–Crippen MR) is 35.9 cm³/mol. The Balaban J connectivity index is 2.99. The molecule has 0 N–H and O–H groups in total. The first-order valence-electron chi connectivity index (χ1n) is 2.88. The molecule has 0 spiro atoms. The second-order valence-electron chi connectivity index (χ2n) is 1.48. The van der Waals surface area contributed by atoms with Gasteiger partial charge in [-0.15, -0.1) is 0 Å². The number of hydrogen-bond acceptors (Lipinski definition) is 1. The van der Waals surface area contributed by atoms with Crippen molar-refractivity contribution in [2.45, 2.75) is 20.4 Å². The van der Waals surface area contributed by atoms with Gasteiger partial charge in [0.1, 0.15) is 9.68 Å². The molecule has 0 rings (SSSR count). The van der Waals surface area contributed by atoms with E-state index in [9.17, 15) is 0 Å². The molecule has 0 saturated carbocycles. The van der Waals surface area contributed by atoms with Crippen LogP contribution < -0.4 is 0 Å². The van der Waals surface area contributed by atoms with Crippen LogP contribution in [0.5, 0.6) is 0 Å². The zero-order valence-electron chi connectivity index (χ0n) is 5.44. The van der Waals surface area contributed by atoms with Crippen molar-refractivity contribution in [3.8, 4) is 0 Å². The van der Waals surface area contributed by atoms with Crippen LogP contribution in [0.15, 0.2) is 0 Å². The molecular formula is C5H14NSi. The van der Waals surface area contributed by atoms with Crippen molar-refractivity contribution in [1.82, 2.24) is 4.57 Å². The van der Waals surface area contributed by atoms with Crippen LogP contribution in [0.2, 0.25) is 6.55 Å². The average Bonchev–Trinajstić information content (AvgIpc) is 1.72. The van der Waals surface area contributed by atoms with E-state index in [0.29, 0.717) is 9.68 Å². The topological polar surface area (TPSA) is 3.24 Å². The molecule has 7 heavy (non-hydrogen) atoms. The number of nitrogens with zero attached hydrogens (tertiary/aromatic N) is 1. The predicted octanol–water partition coefficient (Wildman–Crippen LogP) is 0.728. The maximum absolute atomic E-state index is 2.46. The first kappa shape index (κ1) is 7.18. The van der Waals surface area contributed by atoms with Gasteiger partial charge in [0.15, 0.2) is 0 Å². The van der Waals surface area contributed by atoms with Gasteiger partial charge in [-0.2, -0.15) is 0 Å². The molecule has 0 aliphatic heterocycles. The van der Waals surface area contributed by atoms with E-state index in [2.05, 4.69) is 25.0 Å². The standard InChI is InChI=1S/C5H14NSi/c1-4-6(5-2)7-3/h7H,4-5H2,1-3H3. The van der Waals surface area contributed by atoms with E-state index in [-0.39, 0.29) is 0 Å². The third kappa shape index (κ3) is 2.82. The van der Waals surface area contributed by atoms with Crippen LogP contribution in [0.25, 0.3) is 0 Å². The van der Waals surface area contributed by atoms with E-state index in [1.165, 1.54) is 13.1 Å². The summed E-state index contributed by atoms with van der Waals surface area (Å²) in [4.78, 5) is 0. The van der Waals surface area contributed by atoms with Crippen LogP contribution in [0.3, 0.4) is 0 Å². The van der Waals surface area contributed by atoms with Gasteiger partial charge in [0.05, 0.1) is 0 Å². The van der Waals surface area contributed by atoms with Gasteiger partial charge in [-0.25, -0.2) is 0 Å². The summed E-state index contributed by atoms with van der Waals surface area (Å²) >= 11 is 0. The molecule has 43 valence electrons. The van der Waals surface area contributed by atoms with Crippen molar-refractivity contribution in [1.29, 1.82) is 0 Å². The minimum Gasteiger partial charge on any atom is -0.328 e. The molecule has 0 heterocycles. The summed E-state index contributed by atoms with van der Waals surface area (Å²) in [6.45, 7) is 9.14. The van der Waals surface area contributed by atoms with E-state index in [4.69, 9.17) is 0 Å². The largest absolute Gasteiger partial charge is 0.328 e. The van der Waals surface area contributed by atoms with Gasteiger partial charge in [-0.05, 0) is 13.1 Å². The molecule has 0 aromatic heterocycles. The Bertz CT molecular complexity index is 29.6. The van der Waals surface area contributed by atoms with Crippen molar-refractivity contribution >= 4 is 9.68 Å². The average molecular weight is 116 g/mol. The number of hydrogen-bond donors (Lipinski definition) is 0. The van der Waals surface area contributed by atoms with Crippen molar-refractivity contribution in [3.05, 3.63) is 0 Å². The molecule has 0 fully saturated rings. The monoisotopic (exact) mass is 116 g/mol. The molecule has 1 nitrogen and oxygen atoms in total. The Morgan fingerprint density at radius 1 is 1.29 bits per heavy atom. The van der Waals surface area contributed by atoms with E-state index in [1.54, 1.807) is 0 Å². The smallest absolute Gasteiger partial charge is 0.113 e. The van der Waals surface area contributed by atoms with Crippen LogP contribution in [0.1, 0.15) is 13.8 Å². The van der Waals surface area contributed by atoms with Gasteiger partial charge in [-0.3, -0.25) is 0 Å². The molecule has 0 aromatic carbocycles. The molecule has 0 aromatic rings. The molecule has 0 atom stereocenters. The molecule has 0 aliphatic carbocycles. The second kappa shape index (κ2) is 4.34. The van der Waals surface area contributed by atoms with Crippen molar-refractivity contribution in [2.75, 3.05) is 13.1 Å². The SMILES string of the molecule is CCN(CC)[SiH]C. The van der Waals surface area contributed by atoms with Gasteiger partial charge >= 0.3 is 0 Å². The van der Waals surface area contributed by atoms with Crippen molar-refractivity contribution < 1.29 is 0 Å². The minimum atomic E-state index is 0.572. The summed E-state index contributed by atoms with van der Waals surface area (Å²) < 4.78 is 2.46. The van der Waals surface area contributed by atoms with Gasteiger partial charge < -0.3 is 4.57 Å². The molecular weight excluding hydrogens is 102 g/mol. The van der Waals surface area contributed by atoms with E-state index >= 15 is 0 Å². The van der Waals surface area contributed by atoms with Crippen molar-refractivity contribution in [2.24, 2.45) is 0 Å². The highest BCUT2D eigenvalue weighted by Crippen LogP contribution is 1.79. The summed E-state index contributed by atoms with van der Waals surface area (Å²) in [5.41, 5.74) is 0. The van der Waals surface area contributed by atoms with E-state index < -0.39 is 0 Å². The fraction of sp³-hybridized carbons (Fsp3) is 1.00. The third-order valence-corrected chi connectivity index (χ3v) is 2.64. The Labute approximate surface area is 48.6 Å². The highest BCUT2D eigenvalue weighted by Gasteiger charge is 1.90. The summed E-state index contributed by atoms with van der Waals surface area (Å²) in [6, 6.07) is 0. The minimum absolute atomic E-state index is 0.572. The third-order valence-electron chi connectivity index (χ3n) is 1.18. The van der Waals surface area contributed by atoms with Gasteiger partial charge in [0, 0.05) is 0 Å². The first-order valence-corrected chi connectivity index (χ1v) is 4.55. The summed E-state index contributed by atoms with van der Waals surface area (Å²) in [5, 5.41) is 0. The Hall–Kier alpha value is 0.177. The highest BCUT2D eigenvalue weighted by atomic mass is 28.2. The van der Waals surface area contributed by atoms with Gasteiger partial charge in [-0.1, -0.05) is 20.4 Å². The Morgan fingerprint density at radius 2 is 1.71 bits per heavy atom. The zero-order chi connectivity index (χ0) is 5.70. The maximum Gasteiger partial charge on any atom is 0.113 e. The molecule has 1 radical (unpaired) electrons. The highest BCUT2D eigenvalue weighted by molar-refractivity contribution is 6.29. The van der Waals surface area contributed by atoms with Crippen LogP contribution >= 0.6 is 0 Å². The molecule has 0 saturated heterocycles. The lowest BCUT2D eigenvalue weighted by Crippen LogP contribution is -2.24. The molecule has 2 heteroatoms. The van der Waals surface area contributed by atoms with Crippen LogP contribution in [0.4, 0.5) is 0 Å². The molecule has 0 unspecified atom stereocenters. The van der Waals surface area contributed by atoms with E-state index in [1.807, 2.05) is 0 Å². The van der Waals surface area contributed by atoms with Crippen molar-refractivity contribution in [3.63, 3.8) is 0 Å². The lowest BCUT2D eigenvalue weighted by molar-refractivity contribution is 0.496. The lowest BCUT2D eigenvalue weighted by atomic mass is 10.7. The number of rotatable bonds is 3. The fourth-order valence-corrected chi connectivity index (χ4v) is 1.32. The molecule has 0 amide bonds. The summed E-state index contributed by atoms with van der Waals surface area (Å²) in [5.74, 6) is 0. The van der Waals surface area contributed by atoms with Crippen LogP contribution in [0, 0.1) is 0 Å². The first-order chi connectivity index (χ1) is 3.35.